The molecule has 1 aliphatic heterocycles. The second-order valence-corrected chi connectivity index (χ2v) is 5.17. The molecule has 1 amide bonds. The van der Waals surface area contributed by atoms with Gasteiger partial charge in [0.2, 0.25) is 5.91 Å². The maximum absolute atomic E-state index is 13.0. The molecular formula is C12H15BrClFN2O. The van der Waals surface area contributed by atoms with E-state index in [2.05, 4.69) is 15.9 Å². The topological polar surface area (TPSA) is 46.3 Å². The van der Waals surface area contributed by atoms with E-state index in [1.54, 1.807) is 17.0 Å². The molecular weight excluding hydrogens is 322 g/mol. The van der Waals surface area contributed by atoms with Crippen LogP contribution < -0.4 is 5.73 Å². The zero-order chi connectivity index (χ0) is 12.4. The summed E-state index contributed by atoms with van der Waals surface area (Å²) in [4.78, 5) is 13.7. The van der Waals surface area contributed by atoms with Gasteiger partial charge in [-0.2, -0.15) is 0 Å². The summed E-state index contributed by atoms with van der Waals surface area (Å²) >= 11 is 3.11. The molecule has 0 spiro atoms. The van der Waals surface area contributed by atoms with Crippen molar-refractivity contribution in [2.24, 2.45) is 5.73 Å². The highest BCUT2D eigenvalue weighted by Gasteiger charge is 2.23. The van der Waals surface area contributed by atoms with E-state index >= 15 is 0 Å². The Morgan fingerprint density at radius 2 is 2.28 bits per heavy atom. The quantitative estimate of drug-likeness (QED) is 0.898. The summed E-state index contributed by atoms with van der Waals surface area (Å²) in [7, 11) is 0. The van der Waals surface area contributed by atoms with Gasteiger partial charge in [0.25, 0.3) is 0 Å². The number of likely N-dealkylation sites (tertiary alicyclic amines) is 1. The minimum absolute atomic E-state index is 0. The number of amides is 1. The lowest BCUT2D eigenvalue weighted by Crippen LogP contribution is -2.32. The second-order valence-electron chi connectivity index (χ2n) is 4.31. The van der Waals surface area contributed by atoms with Crippen LogP contribution in [0, 0.1) is 5.82 Å². The summed E-state index contributed by atoms with van der Waals surface area (Å²) in [5.74, 6) is -0.263. The van der Waals surface area contributed by atoms with Crippen LogP contribution in [0.4, 0.5) is 4.39 Å². The molecule has 1 atom stereocenters. The van der Waals surface area contributed by atoms with Gasteiger partial charge in [-0.25, -0.2) is 4.39 Å². The number of rotatable bonds is 2. The van der Waals surface area contributed by atoms with Gasteiger partial charge in [-0.15, -0.1) is 12.4 Å². The Labute approximate surface area is 120 Å². The smallest absolute Gasteiger partial charge is 0.227 e. The molecule has 2 N–H and O–H groups in total. The number of carbonyl (C=O) groups is 1. The van der Waals surface area contributed by atoms with Gasteiger partial charge in [0, 0.05) is 19.1 Å². The predicted molar refractivity (Wildman–Crippen MR) is 74.2 cm³/mol. The first-order valence-electron chi connectivity index (χ1n) is 5.53. The van der Waals surface area contributed by atoms with E-state index < -0.39 is 0 Å². The zero-order valence-corrected chi connectivity index (χ0v) is 12.1. The molecule has 0 bridgehead atoms. The Morgan fingerprint density at radius 3 is 2.83 bits per heavy atom. The monoisotopic (exact) mass is 336 g/mol. The van der Waals surface area contributed by atoms with E-state index in [4.69, 9.17) is 5.73 Å². The molecule has 3 nitrogen and oxygen atoms in total. The number of hydrogen-bond acceptors (Lipinski definition) is 2. The third-order valence-electron chi connectivity index (χ3n) is 2.92. The van der Waals surface area contributed by atoms with Gasteiger partial charge in [0.05, 0.1) is 10.9 Å². The van der Waals surface area contributed by atoms with Gasteiger partial charge < -0.3 is 10.6 Å². The number of nitrogens with zero attached hydrogens (tertiary/aromatic N) is 1. The highest BCUT2D eigenvalue weighted by Crippen LogP contribution is 2.18. The predicted octanol–water partition coefficient (Wildman–Crippen LogP) is 2.11. The van der Waals surface area contributed by atoms with Crippen LogP contribution in [0.25, 0.3) is 0 Å². The first-order chi connectivity index (χ1) is 8.06. The van der Waals surface area contributed by atoms with Crippen molar-refractivity contribution in [3.63, 3.8) is 0 Å². The van der Waals surface area contributed by atoms with Crippen molar-refractivity contribution in [3.8, 4) is 0 Å². The van der Waals surface area contributed by atoms with E-state index in [0.717, 1.165) is 18.5 Å². The molecule has 1 aliphatic rings. The average molecular weight is 338 g/mol. The Balaban J connectivity index is 0.00000162. The van der Waals surface area contributed by atoms with Crippen molar-refractivity contribution in [2.45, 2.75) is 18.9 Å². The lowest BCUT2D eigenvalue weighted by Gasteiger charge is -2.15. The summed E-state index contributed by atoms with van der Waals surface area (Å²) in [6.45, 7) is 1.35. The molecule has 1 aromatic rings. The number of halogens is 3. The van der Waals surface area contributed by atoms with E-state index in [-0.39, 0.29) is 30.2 Å². The summed E-state index contributed by atoms with van der Waals surface area (Å²) in [6, 6.07) is 4.73. The zero-order valence-electron chi connectivity index (χ0n) is 9.73. The Kier molecular flexibility index (Phi) is 5.56. The fraction of sp³-hybridized carbons (Fsp3) is 0.417. The lowest BCUT2D eigenvalue weighted by atomic mass is 10.1. The number of carbonyl (C=O) groups excluding carboxylic acids is 1. The number of hydrogen-bond donors (Lipinski definition) is 1. The van der Waals surface area contributed by atoms with Crippen molar-refractivity contribution in [1.82, 2.24) is 4.90 Å². The van der Waals surface area contributed by atoms with Crippen molar-refractivity contribution >= 4 is 34.2 Å². The van der Waals surface area contributed by atoms with Crippen LogP contribution in [0.3, 0.4) is 0 Å². The Bertz CT molecular complexity index is 444. The number of benzene rings is 1. The molecule has 0 aliphatic carbocycles. The van der Waals surface area contributed by atoms with Crippen LogP contribution in [0.1, 0.15) is 12.0 Å². The molecule has 1 saturated heterocycles. The molecule has 1 unspecified atom stereocenters. The molecule has 2 rings (SSSR count). The van der Waals surface area contributed by atoms with Crippen LogP contribution in [-0.2, 0) is 11.2 Å². The minimum atomic E-state index is -0.315. The lowest BCUT2D eigenvalue weighted by molar-refractivity contribution is -0.129. The van der Waals surface area contributed by atoms with Crippen molar-refractivity contribution < 1.29 is 9.18 Å². The Morgan fingerprint density at radius 1 is 1.56 bits per heavy atom. The summed E-state index contributed by atoms with van der Waals surface area (Å²) in [6.07, 6.45) is 1.16. The van der Waals surface area contributed by atoms with Gasteiger partial charge in [0.1, 0.15) is 5.82 Å². The van der Waals surface area contributed by atoms with Crippen LogP contribution in [0.5, 0.6) is 0 Å². The average Bonchev–Trinajstić information content (AvgIpc) is 2.70. The van der Waals surface area contributed by atoms with Gasteiger partial charge >= 0.3 is 0 Å². The molecule has 6 heteroatoms. The normalized spacial score (nSPS) is 18.6. The van der Waals surface area contributed by atoms with Gasteiger partial charge in [-0.05, 0) is 40.0 Å². The third kappa shape index (κ3) is 3.67. The standard InChI is InChI=1S/C12H14BrFN2O.ClH/c13-10-5-8(1-2-11(10)14)6-12(17)16-4-3-9(15)7-16;/h1-2,5,9H,3-4,6-7,15H2;1H. The SMILES string of the molecule is Cl.NC1CCN(C(=O)Cc2ccc(F)c(Br)c2)C1. The Hall–Kier alpha value is -0.650. The van der Waals surface area contributed by atoms with Crippen LogP contribution >= 0.6 is 28.3 Å². The fourth-order valence-electron chi connectivity index (χ4n) is 1.95. The van der Waals surface area contributed by atoms with Crippen LogP contribution in [-0.4, -0.2) is 29.9 Å². The minimum Gasteiger partial charge on any atom is -0.341 e. The van der Waals surface area contributed by atoms with E-state index in [1.165, 1.54) is 6.07 Å². The van der Waals surface area contributed by atoms with Crippen molar-refractivity contribution in [3.05, 3.63) is 34.1 Å². The molecule has 1 aromatic carbocycles. The second kappa shape index (κ2) is 6.50. The number of nitrogens with two attached hydrogens (primary N) is 1. The largest absolute Gasteiger partial charge is 0.341 e. The summed E-state index contributed by atoms with van der Waals surface area (Å²) < 4.78 is 13.4. The maximum Gasteiger partial charge on any atom is 0.227 e. The van der Waals surface area contributed by atoms with E-state index in [0.29, 0.717) is 17.4 Å². The fourth-order valence-corrected chi connectivity index (χ4v) is 2.38. The highest BCUT2D eigenvalue weighted by atomic mass is 79.9. The summed E-state index contributed by atoms with van der Waals surface area (Å²) in [5, 5.41) is 0. The highest BCUT2D eigenvalue weighted by molar-refractivity contribution is 9.10. The van der Waals surface area contributed by atoms with Crippen LogP contribution in [0.15, 0.2) is 22.7 Å². The molecule has 100 valence electrons. The molecule has 0 aromatic heterocycles. The molecule has 1 fully saturated rings. The molecule has 0 saturated carbocycles. The first-order valence-corrected chi connectivity index (χ1v) is 6.33. The first kappa shape index (κ1) is 15.4. The van der Waals surface area contributed by atoms with Crippen molar-refractivity contribution in [1.29, 1.82) is 0 Å². The molecule has 18 heavy (non-hydrogen) atoms. The van der Waals surface area contributed by atoms with Gasteiger partial charge in [-0.1, -0.05) is 6.07 Å². The molecule has 1 heterocycles. The van der Waals surface area contributed by atoms with Crippen molar-refractivity contribution in [2.75, 3.05) is 13.1 Å². The van der Waals surface area contributed by atoms with E-state index in [9.17, 15) is 9.18 Å². The third-order valence-corrected chi connectivity index (χ3v) is 3.52. The summed E-state index contributed by atoms with van der Waals surface area (Å²) in [5.41, 5.74) is 6.56. The van der Waals surface area contributed by atoms with Gasteiger partial charge in [-0.3, -0.25) is 4.79 Å². The maximum atomic E-state index is 13.0. The van der Waals surface area contributed by atoms with E-state index in [1.807, 2.05) is 0 Å². The van der Waals surface area contributed by atoms with Gasteiger partial charge in [0.15, 0.2) is 0 Å². The van der Waals surface area contributed by atoms with Crippen LogP contribution in [0.2, 0.25) is 0 Å². The molecule has 0 radical (unpaired) electrons.